The molecule has 24 heavy (non-hydrogen) atoms. The molecule has 0 aliphatic heterocycles. The zero-order chi connectivity index (χ0) is 10.9. The number of hydrogen-bond acceptors (Lipinski definition) is 0. The molecule has 0 saturated heterocycles. The van der Waals surface area contributed by atoms with Gasteiger partial charge in [0.15, 0.2) is 0 Å². The van der Waals surface area contributed by atoms with Crippen LogP contribution in [0.15, 0.2) is 0 Å². The Morgan fingerprint density at radius 1 is 0.208 bits per heavy atom. The van der Waals surface area contributed by atoms with Crippen LogP contribution >= 0.6 is 94.2 Å². The Labute approximate surface area is 199 Å². The fourth-order valence-electron chi connectivity index (χ4n) is 0. The third-order valence-corrected chi connectivity index (χ3v) is 0. The Morgan fingerprint density at radius 3 is 0.208 bits per heavy atom. The van der Waals surface area contributed by atoms with Gasteiger partial charge in [-0.3, -0.25) is 0 Å². The van der Waals surface area contributed by atoms with E-state index in [0.717, 1.165) is 0 Å². The van der Waals surface area contributed by atoms with Crippen molar-refractivity contribution >= 4 is 94.2 Å². The molecule has 0 unspecified atom stereocenters. The summed E-state index contributed by atoms with van der Waals surface area (Å²) in [5, 5.41) is 0. The summed E-state index contributed by atoms with van der Waals surface area (Å²) in [6, 6.07) is 0. The maximum atomic E-state index is 5.04. The fraction of sp³-hybridized carbons (Fsp3) is 1.00. The van der Waals surface area contributed by atoms with E-state index >= 15 is 0 Å². The molecule has 0 heterocycles. The van der Waals surface area contributed by atoms with Gasteiger partial charge in [-0.15, -0.1) is 0 Å². The maximum absolute atomic E-state index is 5.04. The van der Waals surface area contributed by atoms with Crippen molar-refractivity contribution in [3.8, 4) is 0 Å². The van der Waals surface area contributed by atoms with E-state index in [0.29, 0.717) is 0 Å². The SMILES string of the molecule is C.C.C.C.C.C.C.C.C.C.C.C.[Cl][Mo]([Cl])([Cl])([Cl])[Cl].[Cl][Mo]([Cl])([Cl])([Cl])[Cl]. The van der Waals surface area contributed by atoms with Crippen LogP contribution in [0.25, 0.3) is 0 Å². The molecule has 0 saturated carbocycles. The molecule has 0 aliphatic carbocycles. The molecule has 0 aromatic rings. The fourth-order valence-corrected chi connectivity index (χ4v) is 0. The first-order chi connectivity index (χ1) is 4.47. The predicted octanol–water partition coefficient (Wildman–Crippen LogP) is 14.5. The van der Waals surface area contributed by atoms with Gasteiger partial charge in [0.1, 0.15) is 0 Å². The van der Waals surface area contributed by atoms with Crippen molar-refractivity contribution in [1.82, 2.24) is 0 Å². The molecule has 0 radical (unpaired) electrons. The van der Waals surface area contributed by atoms with Crippen molar-refractivity contribution < 1.29 is 19.2 Å². The van der Waals surface area contributed by atoms with Gasteiger partial charge in [-0.05, 0) is 0 Å². The van der Waals surface area contributed by atoms with Crippen molar-refractivity contribution in [1.29, 1.82) is 0 Å². The number of rotatable bonds is 0. The summed E-state index contributed by atoms with van der Waals surface area (Å²) in [4.78, 5) is 0. The molecule has 0 nitrogen and oxygen atoms in total. The summed E-state index contributed by atoms with van der Waals surface area (Å²) in [6.45, 7) is 0. The van der Waals surface area contributed by atoms with Crippen molar-refractivity contribution in [3.05, 3.63) is 0 Å². The van der Waals surface area contributed by atoms with Gasteiger partial charge in [-0.1, -0.05) is 89.1 Å². The van der Waals surface area contributed by atoms with E-state index in [2.05, 4.69) is 0 Å². The molecule has 12 heteroatoms. The van der Waals surface area contributed by atoms with Crippen LogP contribution in [0.5, 0.6) is 0 Å². The first kappa shape index (κ1) is 103. The van der Waals surface area contributed by atoms with E-state index in [1.165, 1.54) is 0 Å². The summed E-state index contributed by atoms with van der Waals surface area (Å²) < 4.78 is 0. The molecule has 0 amide bonds. The van der Waals surface area contributed by atoms with Crippen molar-refractivity contribution in [2.24, 2.45) is 0 Å². The van der Waals surface area contributed by atoms with Gasteiger partial charge in [-0.25, -0.2) is 0 Å². The zero-order valence-corrected chi connectivity index (χ0v) is 16.2. The molecule has 0 atom stereocenters. The molecule has 0 fully saturated rings. The normalized spacial score (nSPS) is 9.58. The third kappa shape index (κ3) is 918. The standard InChI is InChI=1S/12CH4.10ClH.2Mo/h12*1H4;10*1H;;/q;;;;;;;;;;;;;;;;;;;;;;2*+5/p-10. The molecular weight excluding hydrogens is 691 g/mol. The van der Waals surface area contributed by atoms with Gasteiger partial charge in [0, 0.05) is 0 Å². The van der Waals surface area contributed by atoms with Crippen LogP contribution in [0.2, 0.25) is 0 Å². The molecule has 0 N–H and O–H groups in total. The van der Waals surface area contributed by atoms with Crippen molar-refractivity contribution in [2.45, 2.75) is 89.1 Å². The molecule has 0 rings (SSSR count). The third-order valence-electron chi connectivity index (χ3n) is 0. The van der Waals surface area contributed by atoms with E-state index in [1.54, 1.807) is 0 Å². The van der Waals surface area contributed by atoms with Crippen LogP contribution in [-0.2, 0) is 19.2 Å². The quantitative estimate of drug-likeness (QED) is 0.217. The van der Waals surface area contributed by atoms with Crippen LogP contribution in [0, 0.1) is 0 Å². The summed E-state index contributed by atoms with van der Waals surface area (Å²) >= 11 is 0. The Kier molecular flexibility index (Phi) is 137. The van der Waals surface area contributed by atoms with Crippen LogP contribution < -0.4 is 0 Å². The Bertz CT molecular complexity index is 118. The minimum atomic E-state index is -4.26. The summed E-state index contributed by atoms with van der Waals surface area (Å²) in [7, 11) is 41.9. The predicted molar refractivity (Wildman–Crippen MR) is 139 cm³/mol. The van der Waals surface area contributed by atoms with E-state index in [4.69, 9.17) is 94.2 Å². The van der Waals surface area contributed by atoms with Gasteiger partial charge in [0.05, 0.1) is 0 Å². The second kappa shape index (κ2) is 32.0. The van der Waals surface area contributed by atoms with Crippen LogP contribution in [0.3, 0.4) is 0 Å². The van der Waals surface area contributed by atoms with E-state index in [1.807, 2.05) is 0 Å². The van der Waals surface area contributed by atoms with E-state index in [-0.39, 0.29) is 89.1 Å². The van der Waals surface area contributed by atoms with Crippen LogP contribution in [0.1, 0.15) is 89.1 Å². The first-order valence-corrected chi connectivity index (χ1v) is 27.4. The Morgan fingerprint density at radius 2 is 0.208 bits per heavy atom. The summed E-state index contributed by atoms with van der Waals surface area (Å²) in [5.74, 6) is 0. The van der Waals surface area contributed by atoms with Crippen molar-refractivity contribution in [3.63, 3.8) is 0 Å². The molecule has 0 bridgehead atoms. The first-order valence-electron chi connectivity index (χ1n) is 1.54. The average Bonchev–Trinajstić information content (AvgIpc) is 1.02. The van der Waals surface area contributed by atoms with Gasteiger partial charge in [0.2, 0.25) is 0 Å². The topological polar surface area (TPSA) is 0 Å². The molecule has 0 aromatic heterocycles. The van der Waals surface area contributed by atoms with Crippen LogP contribution in [-0.4, -0.2) is 0 Å². The zero-order valence-electron chi connectivity index (χ0n) is 4.60. The number of halogens is 10. The monoisotopic (exact) mass is 738 g/mol. The number of hydrogen-bond donors (Lipinski definition) is 0. The van der Waals surface area contributed by atoms with Gasteiger partial charge < -0.3 is 0 Å². The average molecular weight is 739 g/mol. The minimum absolute atomic E-state index is 0. The van der Waals surface area contributed by atoms with Gasteiger partial charge in [-0.2, -0.15) is 0 Å². The Hall–Kier alpha value is 4.28. The van der Waals surface area contributed by atoms with Crippen molar-refractivity contribution in [2.75, 3.05) is 0 Å². The second-order valence-electron chi connectivity index (χ2n) is 1.17. The van der Waals surface area contributed by atoms with E-state index < -0.39 is 19.2 Å². The van der Waals surface area contributed by atoms with Gasteiger partial charge >= 0.3 is 113 Å². The Balaban J connectivity index is -0.00000000463. The van der Waals surface area contributed by atoms with E-state index in [9.17, 15) is 0 Å². The summed E-state index contributed by atoms with van der Waals surface area (Å²) in [6.07, 6.45) is 0. The molecular formula is C12H48Cl10Mo2. The molecule has 178 valence electrons. The molecule has 0 aliphatic rings. The molecule has 0 spiro atoms. The second-order valence-corrected chi connectivity index (χ2v) is 62.1. The van der Waals surface area contributed by atoms with Gasteiger partial charge in [0.25, 0.3) is 0 Å². The molecule has 0 aromatic carbocycles. The summed E-state index contributed by atoms with van der Waals surface area (Å²) in [5.41, 5.74) is 0. The van der Waals surface area contributed by atoms with Crippen LogP contribution in [0.4, 0.5) is 0 Å².